The van der Waals surface area contributed by atoms with Gasteiger partial charge in [0.1, 0.15) is 12.0 Å². The number of nitrogens with zero attached hydrogens (tertiary/aromatic N) is 2. The van der Waals surface area contributed by atoms with Gasteiger partial charge in [-0.05, 0) is 18.2 Å². The first-order valence-electron chi connectivity index (χ1n) is 8.87. The molecule has 0 unspecified atom stereocenters. The van der Waals surface area contributed by atoms with Crippen LogP contribution in [0.3, 0.4) is 0 Å². The molecular weight excluding hydrogens is 344 g/mol. The smallest absolute Gasteiger partial charge is 0.343 e. The van der Waals surface area contributed by atoms with E-state index in [2.05, 4.69) is 4.90 Å². The Morgan fingerprint density at radius 3 is 2.37 bits per heavy atom. The number of benzene rings is 2. The van der Waals surface area contributed by atoms with Gasteiger partial charge in [-0.15, -0.1) is 0 Å². The van der Waals surface area contributed by atoms with E-state index in [1.807, 2.05) is 30.3 Å². The summed E-state index contributed by atoms with van der Waals surface area (Å²) in [5.41, 5.74) is 1.03. The summed E-state index contributed by atoms with van der Waals surface area (Å²) in [6.45, 7) is 2.59. The van der Waals surface area contributed by atoms with Gasteiger partial charge >= 0.3 is 5.63 Å². The summed E-state index contributed by atoms with van der Waals surface area (Å²) in [6.07, 6.45) is 1.28. The molecule has 3 aromatic rings. The Morgan fingerprint density at radius 2 is 1.63 bits per heavy atom. The number of hydrogen-bond acceptors (Lipinski definition) is 5. The lowest BCUT2D eigenvalue weighted by Gasteiger charge is -2.36. The van der Waals surface area contributed by atoms with Crippen LogP contribution in [-0.2, 0) is 0 Å². The Kier molecular flexibility index (Phi) is 4.54. The molecule has 1 aromatic heterocycles. The van der Waals surface area contributed by atoms with Crippen LogP contribution in [0.5, 0.6) is 5.75 Å². The molecule has 0 bridgehead atoms. The summed E-state index contributed by atoms with van der Waals surface area (Å²) in [7, 11) is 1.66. The summed E-state index contributed by atoms with van der Waals surface area (Å²) in [5.74, 6) is 0.711. The summed E-state index contributed by atoms with van der Waals surface area (Å²) < 4.78 is 10.5. The van der Waals surface area contributed by atoms with Gasteiger partial charge in [-0.2, -0.15) is 0 Å². The fourth-order valence-corrected chi connectivity index (χ4v) is 3.51. The van der Waals surface area contributed by atoms with Crippen molar-refractivity contribution in [1.29, 1.82) is 0 Å². The number of ether oxygens (including phenoxy) is 1. The molecule has 1 saturated heterocycles. The topological polar surface area (TPSA) is 63.0 Å². The fraction of sp³-hybridized carbons (Fsp3) is 0.238. The highest BCUT2D eigenvalue weighted by Crippen LogP contribution is 2.28. The number of carbonyl (C=O) groups is 1. The van der Waals surface area contributed by atoms with Crippen LogP contribution in [0.25, 0.3) is 10.8 Å². The van der Waals surface area contributed by atoms with E-state index in [4.69, 9.17) is 9.15 Å². The van der Waals surface area contributed by atoms with E-state index < -0.39 is 5.63 Å². The highest BCUT2D eigenvalue weighted by Gasteiger charge is 2.25. The molecule has 1 aliphatic heterocycles. The van der Waals surface area contributed by atoms with Crippen LogP contribution in [0.2, 0.25) is 0 Å². The number of anilines is 1. The van der Waals surface area contributed by atoms with Crippen LogP contribution in [0.1, 0.15) is 10.4 Å². The second-order valence-corrected chi connectivity index (χ2v) is 6.43. The van der Waals surface area contributed by atoms with E-state index in [1.165, 1.54) is 6.26 Å². The van der Waals surface area contributed by atoms with Crippen molar-refractivity contribution in [2.75, 3.05) is 38.2 Å². The molecule has 0 spiro atoms. The molecule has 1 fully saturated rings. The lowest BCUT2D eigenvalue weighted by molar-refractivity contribution is 0.0746. The molecule has 2 heterocycles. The summed E-state index contributed by atoms with van der Waals surface area (Å²) >= 11 is 0. The maximum Gasteiger partial charge on any atom is 0.343 e. The van der Waals surface area contributed by atoms with Gasteiger partial charge in [0.2, 0.25) is 0 Å². The second-order valence-electron chi connectivity index (χ2n) is 6.43. The van der Waals surface area contributed by atoms with Crippen LogP contribution >= 0.6 is 0 Å². The molecule has 6 nitrogen and oxygen atoms in total. The molecule has 0 radical (unpaired) electrons. The lowest BCUT2D eigenvalue weighted by atomic mass is 10.1. The first kappa shape index (κ1) is 17.1. The number of carbonyl (C=O) groups excluding carboxylic acids is 1. The van der Waals surface area contributed by atoms with Gasteiger partial charge in [0.15, 0.2) is 0 Å². The third-order valence-electron chi connectivity index (χ3n) is 4.94. The van der Waals surface area contributed by atoms with Gasteiger partial charge in [0.25, 0.3) is 5.91 Å². The average Bonchev–Trinajstić information content (AvgIpc) is 2.74. The predicted molar refractivity (Wildman–Crippen MR) is 104 cm³/mol. The summed E-state index contributed by atoms with van der Waals surface area (Å²) in [4.78, 5) is 28.9. The van der Waals surface area contributed by atoms with E-state index in [9.17, 15) is 9.59 Å². The van der Waals surface area contributed by atoms with Crippen molar-refractivity contribution in [1.82, 2.24) is 4.90 Å². The number of fused-ring (bicyclic) bond motifs is 1. The Hall–Kier alpha value is -3.28. The van der Waals surface area contributed by atoms with Crippen molar-refractivity contribution < 1.29 is 13.9 Å². The van der Waals surface area contributed by atoms with Crippen LogP contribution in [0, 0.1) is 0 Å². The third-order valence-corrected chi connectivity index (χ3v) is 4.94. The maximum atomic E-state index is 13.0. The quantitative estimate of drug-likeness (QED) is 0.715. The Bertz CT molecular complexity index is 1040. The maximum absolute atomic E-state index is 13.0. The number of methoxy groups -OCH3 is 1. The van der Waals surface area contributed by atoms with Crippen molar-refractivity contribution in [2.45, 2.75) is 0 Å². The van der Waals surface area contributed by atoms with E-state index in [0.717, 1.165) is 11.4 Å². The zero-order chi connectivity index (χ0) is 18.8. The van der Waals surface area contributed by atoms with Gasteiger partial charge in [-0.25, -0.2) is 4.79 Å². The van der Waals surface area contributed by atoms with Crippen LogP contribution < -0.4 is 15.3 Å². The summed E-state index contributed by atoms with van der Waals surface area (Å²) in [5, 5.41) is 1.06. The first-order chi connectivity index (χ1) is 13.2. The molecule has 0 atom stereocenters. The lowest BCUT2D eigenvalue weighted by Crippen LogP contribution is -2.49. The molecule has 27 heavy (non-hydrogen) atoms. The average molecular weight is 364 g/mol. The first-order valence-corrected chi connectivity index (χ1v) is 8.87. The Morgan fingerprint density at radius 1 is 0.963 bits per heavy atom. The van der Waals surface area contributed by atoms with E-state index >= 15 is 0 Å². The number of para-hydroxylation sites is 2. The number of hydrogen-bond donors (Lipinski definition) is 0. The molecule has 0 aliphatic carbocycles. The molecule has 1 amide bonds. The normalized spacial score (nSPS) is 14.4. The fourth-order valence-electron chi connectivity index (χ4n) is 3.51. The molecular formula is C21H20N2O4. The van der Waals surface area contributed by atoms with Gasteiger partial charge in [-0.3, -0.25) is 4.79 Å². The highest BCUT2D eigenvalue weighted by molar-refractivity contribution is 6.06. The van der Waals surface area contributed by atoms with Crippen molar-refractivity contribution in [3.05, 3.63) is 70.8 Å². The van der Waals surface area contributed by atoms with E-state index in [1.54, 1.807) is 30.2 Å². The van der Waals surface area contributed by atoms with Crippen LogP contribution in [-0.4, -0.2) is 44.1 Å². The molecule has 0 N–H and O–H groups in total. The minimum Gasteiger partial charge on any atom is -0.495 e. The Labute approximate surface area is 156 Å². The molecule has 1 aliphatic rings. The molecule has 4 rings (SSSR count). The predicted octanol–water partition coefficient (Wildman–Crippen LogP) is 2.76. The SMILES string of the molecule is COc1ccccc1N1CCN(C(=O)c2coc(=O)c3ccccc23)CC1. The summed E-state index contributed by atoms with van der Waals surface area (Å²) in [6, 6.07) is 14.9. The minimum absolute atomic E-state index is 0.116. The van der Waals surface area contributed by atoms with Crippen molar-refractivity contribution in [3.8, 4) is 5.75 Å². The minimum atomic E-state index is -0.428. The van der Waals surface area contributed by atoms with Crippen molar-refractivity contribution in [3.63, 3.8) is 0 Å². The van der Waals surface area contributed by atoms with Crippen LogP contribution in [0.4, 0.5) is 5.69 Å². The van der Waals surface area contributed by atoms with Gasteiger partial charge in [0.05, 0.1) is 23.7 Å². The van der Waals surface area contributed by atoms with Crippen LogP contribution in [0.15, 0.2) is 64.0 Å². The standard InChI is InChI=1S/C21H20N2O4/c1-26-19-9-5-4-8-18(19)22-10-12-23(13-11-22)20(24)17-14-27-21(25)16-7-3-2-6-15(16)17/h2-9,14H,10-13H2,1H3. The second kappa shape index (κ2) is 7.15. The zero-order valence-corrected chi connectivity index (χ0v) is 15.1. The van der Waals surface area contributed by atoms with Gasteiger partial charge in [-0.1, -0.05) is 30.3 Å². The molecule has 2 aromatic carbocycles. The van der Waals surface area contributed by atoms with Gasteiger partial charge in [0, 0.05) is 31.6 Å². The third kappa shape index (κ3) is 3.14. The molecule has 6 heteroatoms. The van der Waals surface area contributed by atoms with Crippen molar-refractivity contribution in [2.24, 2.45) is 0 Å². The monoisotopic (exact) mass is 364 g/mol. The van der Waals surface area contributed by atoms with E-state index in [-0.39, 0.29) is 5.91 Å². The number of rotatable bonds is 3. The highest BCUT2D eigenvalue weighted by atomic mass is 16.5. The number of amides is 1. The van der Waals surface area contributed by atoms with Crippen molar-refractivity contribution >= 4 is 22.4 Å². The molecule has 0 saturated carbocycles. The Balaban J connectivity index is 1.55. The largest absolute Gasteiger partial charge is 0.495 e. The van der Waals surface area contributed by atoms with E-state index in [0.29, 0.717) is 42.5 Å². The van der Waals surface area contributed by atoms with Gasteiger partial charge < -0.3 is 19.0 Å². The zero-order valence-electron chi connectivity index (χ0n) is 15.1. The number of piperazine rings is 1. The molecule has 138 valence electrons.